The average molecular weight is 565 g/mol. The van der Waals surface area contributed by atoms with Gasteiger partial charge in [-0.1, -0.05) is 83.2 Å². The van der Waals surface area contributed by atoms with E-state index in [-0.39, 0.29) is 41.1 Å². The van der Waals surface area contributed by atoms with Crippen molar-refractivity contribution in [2.24, 2.45) is 0 Å². The molecule has 2 aliphatic rings. The van der Waals surface area contributed by atoms with E-state index >= 15 is 0 Å². The van der Waals surface area contributed by atoms with Crippen LogP contribution in [0.3, 0.4) is 0 Å². The molecule has 0 spiro atoms. The van der Waals surface area contributed by atoms with Gasteiger partial charge in [-0.15, -0.1) is 0 Å². The SMILES string of the molecule is Cc1ccc2c(c1)C(OP(=O)([O-])OC1=Cc3ccccc3Sc3ccc(C)cc31)=Cc1ccccc1S2.[Na+]. The number of hydrogen-bond acceptors (Lipinski definition) is 6. The van der Waals surface area contributed by atoms with Crippen LogP contribution < -0.4 is 34.5 Å². The normalized spacial score (nSPS) is 13.7. The molecule has 4 aromatic carbocycles. The van der Waals surface area contributed by atoms with E-state index in [4.69, 9.17) is 9.05 Å². The summed E-state index contributed by atoms with van der Waals surface area (Å²) in [5.41, 5.74) is 5.21. The van der Waals surface area contributed by atoms with Crippen molar-refractivity contribution in [3.63, 3.8) is 0 Å². The molecule has 184 valence electrons. The molecule has 0 saturated carbocycles. The monoisotopic (exact) mass is 564 g/mol. The molecule has 2 heterocycles. The minimum atomic E-state index is -4.84. The first kappa shape index (κ1) is 27.4. The molecule has 0 fully saturated rings. The van der Waals surface area contributed by atoms with Gasteiger partial charge in [-0.3, -0.25) is 0 Å². The van der Waals surface area contributed by atoms with Crippen LogP contribution in [0.25, 0.3) is 23.7 Å². The molecule has 4 aromatic rings. The van der Waals surface area contributed by atoms with Gasteiger partial charge in [0.05, 0.1) is 0 Å². The van der Waals surface area contributed by atoms with E-state index in [9.17, 15) is 9.46 Å². The fourth-order valence-electron chi connectivity index (χ4n) is 4.32. The number of benzene rings is 4. The number of fused-ring (bicyclic) bond motifs is 4. The maximum atomic E-state index is 13.5. The number of phosphoric acid groups is 1. The molecule has 0 atom stereocenters. The first-order chi connectivity index (χ1) is 17.8. The second-order valence-electron chi connectivity index (χ2n) is 8.93. The summed E-state index contributed by atoms with van der Waals surface area (Å²) in [5, 5.41) is 0. The van der Waals surface area contributed by atoms with Gasteiger partial charge in [-0.05, 0) is 73.5 Å². The van der Waals surface area contributed by atoms with Crippen LogP contribution in [0, 0.1) is 13.8 Å². The van der Waals surface area contributed by atoms with Gasteiger partial charge in [0.15, 0.2) is 0 Å². The minimum Gasteiger partial charge on any atom is -0.736 e. The van der Waals surface area contributed by atoms with Crippen molar-refractivity contribution in [2.45, 2.75) is 33.4 Å². The first-order valence-corrected chi connectivity index (χ1v) is 14.8. The van der Waals surface area contributed by atoms with Gasteiger partial charge in [0.2, 0.25) is 0 Å². The number of aryl methyl sites for hydroxylation is 2. The molecule has 6 rings (SSSR count). The Labute approximate surface area is 253 Å². The van der Waals surface area contributed by atoms with Gasteiger partial charge in [0.1, 0.15) is 11.5 Å². The van der Waals surface area contributed by atoms with E-state index in [0.29, 0.717) is 11.1 Å². The summed E-state index contributed by atoms with van der Waals surface area (Å²) in [5.74, 6) is 0.478. The summed E-state index contributed by atoms with van der Waals surface area (Å²) >= 11 is 3.17. The third kappa shape index (κ3) is 5.73. The molecule has 2 aliphatic heterocycles. The number of phosphoric ester groups is 1. The molecule has 0 N–H and O–H groups in total. The predicted molar refractivity (Wildman–Crippen MR) is 149 cm³/mol. The molecule has 4 nitrogen and oxygen atoms in total. The van der Waals surface area contributed by atoms with Crippen molar-refractivity contribution in [3.05, 3.63) is 118 Å². The van der Waals surface area contributed by atoms with E-state index in [1.807, 2.05) is 98.8 Å². The Kier molecular flexibility index (Phi) is 8.04. The Hall–Kier alpha value is -2.15. The third-order valence-corrected chi connectivity index (χ3v) is 9.25. The molecular weight excluding hydrogens is 542 g/mol. The molecule has 0 radical (unpaired) electrons. The van der Waals surface area contributed by atoms with Crippen molar-refractivity contribution in [2.75, 3.05) is 0 Å². The number of hydrogen-bond donors (Lipinski definition) is 0. The van der Waals surface area contributed by atoms with Crippen molar-refractivity contribution in [3.8, 4) is 0 Å². The summed E-state index contributed by atoms with van der Waals surface area (Å²) in [7, 11) is -4.84. The van der Waals surface area contributed by atoms with Gasteiger partial charge in [-0.25, -0.2) is 4.57 Å². The van der Waals surface area contributed by atoms with Gasteiger partial charge >= 0.3 is 37.4 Å². The van der Waals surface area contributed by atoms with Crippen molar-refractivity contribution in [1.29, 1.82) is 0 Å². The van der Waals surface area contributed by atoms with E-state index < -0.39 is 7.82 Å². The van der Waals surface area contributed by atoms with Crippen molar-refractivity contribution >= 4 is 55.0 Å². The van der Waals surface area contributed by atoms with Crippen LogP contribution in [0.15, 0.2) is 105 Å². The van der Waals surface area contributed by atoms with Gasteiger partial charge < -0.3 is 13.9 Å². The van der Waals surface area contributed by atoms with Crippen molar-refractivity contribution in [1.82, 2.24) is 0 Å². The van der Waals surface area contributed by atoms with Crippen LogP contribution in [0.2, 0.25) is 0 Å². The Morgan fingerprint density at radius 3 is 1.50 bits per heavy atom. The largest absolute Gasteiger partial charge is 1.00 e. The summed E-state index contributed by atoms with van der Waals surface area (Å²) < 4.78 is 25.0. The first-order valence-electron chi connectivity index (χ1n) is 11.7. The maximum Gasteiger partial charge on any atom is 1.00 e. The molecule has 0 saturated heterocycles. The van der Waals surface area contributed by atoms with Gasteiger partial charge in [-0.2, -0.15) is 0 Å². The molecule has 0 aliphatic carbocycles. The topological polar surface area (TPSA) is 58.6 Å². The second-order valence-corrected chi connectivity index (χ2v) is 12.4. The zero-order valence-corrected chi connectivity index (χ0v) is 25.7. The molecule has 0 aromatic heterocycles. The molecule has 0 amide bonds. The molecule has 0 bridgehead atoms. The van der Waals surface area contributed by atoms with Crippen LogP contribution >= 0.6 is 31.3 Å². The van der Waals surface area contributed by atoms with Crippen LogP contribution in [-0.4, -0.2) is 0 Å². The molecular formula is C30H22NaO4PS2. The van der Waals surface area contributed by atoms with E-state index in [1.54, 1.807) is 35.7 Å². The van der Waals surface area contributed by atoms with E-state index in [2.05, 4.69) is 0 Å². The zero-order chi connectivity index (χ0) is 25.6. The van der Waals surface area contributed by atoms with E-state index in [1.165, 1.54) is 0 Å². The van der Waals surface area contributed by atoms with Crippen LogP contribution in [0.4, 0.5) is 0 Å². The Morgan fingerprint density at radius 2 is 1.05 bits per heavy atom. The van der Waals surface area contributed by atoms with Crippen LogP contribution in [0.1, 0.15) is 33.4 Å². The molecule has 8 heteroatoms. The maximum absolute atomic E-state index is 13.5. The molecule has 38 heavy (non-hydrogen) atoms. The second kappa shape index (κ2) is 11.1. The zero-order valence-electron chi connectivity index (χ0n) is 21.1. The van der Waals surface area contributed by atoms with Gasteiger partial charge in [0.25, 0.3) is 0 Å². The summed E-state index contributed by atoms with van der Waals surface area (Å²) in [6, 6.07) is 27.6. The standard InChI is InChI=1S/C30H23O4PS2.Na/c1-19-11-13-29-23(15-19)25(17-21-7-3-5-9-27(21)36-29)33-35(31,32)34-26-18-22-8-4-6-10-28(22)37-30-14-12-20(2)16-24(26)30;/h3-18H,1-2H3,(H,31,32);/q;+1/p-1. The Bertz CT molecular complexity index is 1550. The third-order valence-electron chi connectivity index (χ3n) is 6.07. The average Bonchev–Trinajstić information content (AvgIpc) is 3.11. The Balaban J connectivity index is 0.00000294. The fourth-order valence-corrected chi connectivity index (χ4v) is 7.21. The minimum absolute atomic E-state index is 0. The molecule has 0 unspecified atom stereocenters. The number of rotatable bonds is 4. The van der Waals surface area contributed by atoms with Crippen molar-refractivity contribution < 1.29 is 48.1 Å². The Morgan fingerprint density at radius 1 is 0.632 bits per heavy atom. The van der Waals surface area contributed by atoms with Crippen LogP contribution in [-0.2, 0) is 13.6 Å². The summed E-state index contributed by atoms with van der Waals surface area (Å²) in [4.78, 5) is 17.4. The quantitative estimate of drug-likeness (QED) is 0.243. The summed E-state index contributed by atoms with van der Waals surface area (Å²) in [6.07, 6.45) is 3.54. The fraction of sp³-hybridized carbons (Fsp3) is 0.0667. The predicted octanol–water partition coefficient (Wildman–Crippen LogP) is 5.43. The van der Waals surface area contributed by atoms with Crippen LogP contribution in [0.5, 0.6) is 0 Å². The summed E-state index contributed by atoms with van der Waals surface area (Å²) in [6.45, 7) is 3.94. The van der Waals surface area contributed by atoms with Gasteiger partial charge in [0, 0.05) is 30.7 Å². The smallest absolute Gasteiger partial charge is 0.736 e. The van der Waals surface area contributed by atoms with E-state index in [0.717, 1.165) is 41.8 Å².